The summed E-state index contributed by atoms with van der Waals surface area (Å²) >= 11 is 1.53. The van der Waals surface area contributed by atoms with Gasteiger partial charge in [0.25, 0.3) is 0 Å². The molecule has 0 bridgehead atoms. The molecular weight excluding hydrogens is 458 g/mol. The smallest absolute Gasteiger partial charge is 0.407 e. The average molecular weight is 484 g/mol. The molecule has 2 N–H and O–H groups in total. The number of thiophene rings is 1. The first-order chi connectivity index (χ1) is 17.0. The van der Waals surface area contributed by atoms with Gasteiger partial charge in [-0.05, 0) is 46.9 Å². The molecule has 1 unspecified atom stereocenters. The van der Waals surface area contributed by atoms with Crippen molar-refractivity contribution in [2.24, 2.45) is 0 Å². The summed E-state index contributed by atoms with van der Waals surface area (Å²) in [5.74, 6) is -1.17. The molecule has 3 aromatic carbocycles. The fourth-order valence-electron chi connectivity index (χ4n) is 4.62. The first-order valence-corrected chi connectivity index (χ1v) is 12.3. The van der Waals surface area contributed by atoms with E-state index in [9.17, 15) is 14.7 Å². The molecule has 0 saturated carbocycles. The molecule has 1 heterocycles. The number of carboxylic acid groups (broad SMARTS) is 1. The summed E-state index contributed by atoms with van der Waals surface area (Å²) in [6, 6.07) is 27.2. The SMILES string of the molecule is Cc1cccc(-c2ccc(CC(NC(=O)OCC3c4ccccc4-c4ccccc43)C(=O)O)s2)c1. The largest absolute Gasteiger partial charge is 0.480 e. The lowest BCUT2D eigenvalue weighted by Gasteiger charge is -2.17. The summed E-state index contributed by atoms with van der Waals surface area (Å²) in [6.07, 6.45) is -0.537. The van der Waals surface area contributed by atoms with Crippen molar-refractivity contribution in [2.45, 2.75) is 25.3 Å². The minimum absolute atomic E-state index is 0.0781. The lowest BCUT2D eigenvalue weighted by Crippen LogP contribution is -2.42. The van der Waals surface area contributed by atoms with Crippen molar-refractivity contribution in [2.75, 3.05) is 6.61 Å². The Bertz CT molecular complexity index is 1350. The number of carbonyl (C=O) groups excluding carboxylic acids is 1. The highest BCUT2D eigenvalue weighted by atomic mass is 32.1. The molecule has 5 nitrogen and oxygen atoms in total. The second-order valence-corrected chi connectivity index (χ2v) is 9.87. The summed E-state index contributed by atoms with van der Waals surface area (Å²) in [5.41, 5.74) is 6.76. The lowest BCUT2D eigenvalue weighted by atomic mass is 9.98. The number of fused-ring (bicyclic) bond motifs is 3. The summed E-state index contributed by atoms with van der Waals surface area (Å²) in [7, 11) is 0. The Labute approximate surface area is 208 Å². The van der Waals surface area contributed by atoms with E-state index in [1.807, 2.05) is 73.7 Å². The number of hydrogen-bond acceptors (Lipinski definition) is 4. The van der Waals surface area contributed by atoms with Gasteiger partial charge in [0, 0.05) is 22.1 Å². The van der Waals surface area contributed by atoms with E-state index in [4.69, 9.17) is 4.74 Å². The number of ether oxygens (including phenoxy) is 1. The number of carbonyl (C=O) groups is 2. The van der Waals surface area contributed by atoms with Crippen molar-refractivity contribution in [3.8, 4) is 21.6 Å². The summed E-state index contributed by atoms with van der Waals surface area (Å²) in [6.45, 7) is 2.18. The van der Waals surface area contributed by atoms with E-state index in [-0.39, 0.29) is 18.9 Å². The van der Waals surface area contributed by atoms with Crippen molar-refractivity contribution in [3.05, 3.63) is 106 Å². The van der Waals surface area contributed by atoms with Crippen LogP contribution in [-0.4, -0.2) is 29.8 Å². The molecule has 1 aliphatic carbocycles. The van der Waals surface area contributed by atoms with Crippen LogP contribution in [0.2, 0.25) is 0 Å². The maximum Gasteiger partial charge on any atom is 0.407 e. The van der Waals surface area contributed by atoms with Gasteiger partial charge >= 0.3 is 12.1 Å². The fraction of sp³-hybridized carbons (Fsp3) is 0.172. The standard InChI is InChI=1S/C29H25NO4S/c1-18-7-6-8-19(15-18)27-14-13-20(35-27)16-26(28(31)32)30-29(33)34-17-25-23-11-4-2-9-21(23)22-10-3-5-12-24(22)25/h2-15,25-26H,16-17H2,1H3,(H,30,33)(H,31,32). The molecule has 35 heavy (non-hydrogen) atoms. The monoisotopic (exact) mass is 483 g/mol. The van der Waals surface area contributed by atoms with Gasteiger partial charge in [-0.2, -0.15) is 0 Å². The minimum Gasteiger partial charge on any atom is -0.480 e. The van der Waals surface area contributed by atoms with Crippen molar-refractivity contribution in [1.82, 2.24) is 5.32 Å². The Morgan fingerprint density at radius 1 is 0.943 bits per heavy atom. The first kappa shape index (κ1) is 22.9. The molecule has 0 aliphatic heterocycles. The zero-order valence-corrected chi connectivity index (χ0v) is 20.0. The van der Waals surface area contributed by atoms with Crippen molar-refractivity contribution >= 4 is 23.4 Å². The number of benzene rings is 3. The number of amides is 1. The van der Waals surface area contributed by atoms with Crippen LogP contribution in [0.5, 0.6) is 0 Å². The highest BCUT2D eigenvalue weighted by molar-refractivity contribution is 7.15. The van der Waals surface area contributed by atoms with Gasteiger partial charge in [0.1, 0.15) is 12.6 Å². The molecule has 4 aromatic rings. The van der Waals surface area contributed by atoms with Crippen LogP contribution >= 0.6 is 11.3 Å². The molecule has 0 fully saturated rings. The molecular formula is C29H25NO4S. The van der Waals surface area contributed by atoms with E-state index in [2.05, 4.69) is 23.5 Å². The maximum absolute atomic E-state index is 12.6. The lowest BCUT2D eigenvalue weighted by molar-refractivity contribution is -0.139. The number of hydrogen-bond donors (Lipinski definition) is 2. The minimum atomic E-state index is -1.09. The highest BCUT2D eigenvalue weighted by Gasteiger charge is 2.30. The Kier molecular flexibility index (Phi) is 6.38. The van der Waals surface area contributed by atoms with Crippen molar-refractivity contribution in [1.29, 1.82) is 0 Å². The summed E-state index contributed by atoms with van der Waals surface area (Å²) in [5, 5.41) is 12.3. The van der Waals surface area contributed by atoms with Gasteiger partial charge in [-0.25, -0.2) is 9.59 Å². The molecule has 5 rings (SSSR count). The Morgan fingerprint density at radius 2 is 1.63 bits per heavy atom. The van der Waals surface area contributed by atoms with Crippen LogP contribution in [0.3, 0.4) is 0 Å². The normalized spacial score (nSPS) is 13.1. The third-order valence-corrected chi connectivity index (χ3v) is 7.46. The van der Waals surface area contributed by atoms with Crippen molar-refractivity contribution in [3.63, 3.8) is 0 Å². The molecule has 1 atom stereocenters. The van der Waals surface area contributed by atoms with Gasteiger partial charge < -0.3 is 15.2 Å². The molecule has 1 amide bonds. The number of nitrogens with one attached hydrogen (secondary N) is 1. The zero-order valence-electron chi connectivity index (χ0n) is 19.2. The maximum atomic E-state index is 12.6. The predicted molar refractivity (Wildman–Crippen MR) is 138 cm³/mol. The first-order valence-electron chi connectivity index (χ1n) is 11.5. The molecule has 1 aromatic heterocycles. The third-order valence-electron chi connectivity index (χ3n) is 6.30. The van der Waals surface area contributed by atoms with Crippen LogP contribution in [-0.2, 0) is 16.0 Å². The Hall–Kier alpha value is -3.90. The number of rotatable bonds is 7. The van der Waals surface area contributed by atoms with E-state index in [0.29, 0.717) is 0 Å². The quantitative estimate of drug-likeness (QED) is 0.325. The second kappa shape index (κ2) is 9.76. The van der Waals surface area contributed by atoms with Gasteiger partial charge in [-0.3, -0.25) is 0 Å². The fourth-order valence-corrected chi connectivity index (χ4v) is 5.67. The van der Waals surface area contributed by atoms with E-state index >= 15 is 0 Å². The van der Waals surface area contributed by atoms with Gasteiger partial charge in [0.15, 0.2) is 0 Å². The van der Waals surface area contributed by atoms with Gasteiger partial charge in [-0.15, -0.1) is 11.3 Å². The van der Waals surface area contributed by atoms with E-state index in [1.54, 1.807) is 0 Å². The zero-order chi connectivity index (χ0) is 24.4. The van der Waals surface area contributed by atoms with Crippen LogP contribution in [0.1, 0.15) is 27.5 Å². The second-order valence-electron chi connectivity index (χ2n) is 8.70. The third kappa shape index (κ3) is 4.84. The van der Waals surface area contributed by atoms with Crippen LogP contribution < -0.4 is 5.32 Å². The number of aliphatic carboxylic acids is 1. The summed E-state index contributed by atoms with van der Waals surface area (Å²) in [4.78, 5) is 26.4. The average Bonchev–Trinajstić information content (AvgIpc) is 3.45. The Balaban J connectivity index is 1.24. The summed E-state index contributed by atoms with van der Waals surface area (Å²) < 4.78 is 5.54. The topological polar surface area (TPSA) is 75.6 Å². The molecule has 0 spiro atoms. The number of alkyl carbamates (subject to hydrolysis) is 1. The van der Waals surface area contributed by atoms with Crippen LogP contribution in [0.25, 0.3) is 21.6 Å². The molecule has 6 heteroatoms. The molecule has 0 radical (unpaired) electrons. The van der Waals surface area contributed by atoms with Crippen molar-refractivity contribution < 1.29 is 19.4 Å². The van der Waals surface area contributed by atoms with Crippen LogP contribution in [0.4, 0.5) is 4.79 Å². The van der Waals surface area contributed by atoms with Gasteiger partial charge in [-0.1, -0.05) is 78.4 Å². The van der Waals surface area contributed by atoms with E-state index < -0.39 is 18.1 Å². The molecule has 0 saturated heterocycles. The van der Waals surface area contributed by atoms with Gasteiger partial charge in [0.05, 0.1) is 0 Å². The predicted octanol–water partition coefficient (Wildman–Crippen LogP) is 6.26. The van der Waals surface area contributed by atoms with Crippen LogP contribution in [0, 0.1) is 6.92 Å². The van der Waals surface area contributed by atoms with E-state index in [0.717, 1.165) is 43.1 Å². The Morgan fingerprint density at radius 3 is 2.29 bits per heavy atom. The number of carboxylic acids is 1. The number of aryl methyl sites for hydroxylation is 1. The van der Waals surface area contributed by atoms with Gasteiger partial charge in [0.2, 0.25) is 0 Å². The molecule has 1 aliphatic rings. The van der Waals surface area contributed by atoms with Crippen LogP contribution in [0.15, 0.2) is 84.9 Å². The molecule has 176 valence electrons. The van der Waals surface area contributed by atoms with E-state index in [1.165, 1.54) is 11.3 Å². The highest BCUT2D eigenvalue weighted by Crippen LogP contribution is 2.44.